The molecule has 3 aromatic rings. The molecule has 39 heavy (non-hydrogen) atoms. The average molecular weight is 548 g/mol. The van der Waals surface area contributed by atoms with Gasteiger partial charge in [-0.1, -0.05) is 54.9 Å². The highest BCUT2D eigenvalue weighted by atomic mass is 32.1. The SMILES string of the molecule is O=C(O)[C@H]1CC[C@H](c2nnc(-c3ccc(-c4cnc(N5CCC(OC6CCCCC6)CC5)nc4)cc3)s2)CC1. The minimum Gasteiger partial charge on any atom is -0.481 e. The zero-order valence-electron chi connectivity index (χ0n) is 22.4. The van der Waals surface area contributed by atoms with Crippen LogP contribution in [0.5, 0.6) is 0 Å². The van der Waals surface area contributed by atoms with Gasteiger partial charge in [0.1, 0.15) is 10.0 Å². The molecule has 0 bridgehead atoms. The van der Waals surface area contributed by atoms with Crippen molar-refractivity contribution in [3.05, 3.63) is 41.7 Å². The third-order valence-electron chi connectivity index (χ3n) is 8.63. The van der Waals surface area contributed by atoms with Crippen molar-refractivity contribution in [1.82, 2.24) is 20.2 Å². The molecule has 0 spiro atoms. The van der Waals surface area contributed by atoms with Crippen LogP contribution in [-0.4, -0.2) is 56.5 Å². The molecule has 2 aliphatic carbocycles. The summed E-state index contributed by atoms with van der Waals surface area (Å²) in [5, 5.41) is 20.0. The molecule has 6 rings (SSSR count). The van der Waals surface area contributed by atoms with Gasteiger partial charge in [-0.3, -0.25) is 4.79 Å². The zero-order valence-corrected chi connectivity index (χ0v) is 23.2. The molecule has 3 aliphatic rings. The lowest BCUT2D eigenvalue weighted by atomic mass is 9.82. The average Bonchev–Trinajstić information content (AvgIpc) is 3.49. The molecule has 2 aromatic heterocycles. The third kappa shape index (κ3) is 6.30. The van der Waals surface area contributed by atoms with Crippen molar-refractivity contribution < 1.29 is 14.6 Å². The Bertz CT molecular complexity index is 1230. The molecule has 3 heterocycles. The maximum absolute atomic E-state index is 11.2. The first-order chi connectivity index (χ1) is 19.1. The van der Waals surface area contributed by atoms with E-state index in [1.807, 2.05) is 12.4 Å². The highest BCUT2D eigenvalue weighted by Crippen LogP contribution is 2.39. The van der Waals surface area contributed by atoms with E-state index in [1.165, 1.54) is 32.1 Å². The molecule has 8 nitrogen and oxygen atoms in total. The second-order valence-corrected chi connectivity index (χ2v) is 12.3. The molecule has 0 radical (unpaired) electrons. The number of hydrogen-bond acceptors (Lipinski definition) is 8. The number of rotatable bonds is 7. The van der Waals surface area contributed by atoms with Gasteiger partial charge in [-0.25, -0.2) is 9.97 Å². The number of nitrogens with zero attached hydrogens (tertiary/aromatic N) is 5. The van der Waals surface area contributed by atoms with E-state index in [0.717, 1.165) is 84.3 Å². The summed E-state index contributed by atoms with van der Waals surface area (Å²) in [6.45, 7) is 1.88. The van der Waals surface area contributed by atoms with Gasteiger partial charge in [-0.2, -0.15) is 0 Å². The van der Waals surface area contributed by atoms with Crippen molar-refractivity contribution in [1.29, 1.82) is 0 Å². The minimum absolute atomic E-state index is 0.211. The van der Waals surface area contributed by atoms with E-state index in [-0.39, 0.29) is 5.92 Å². The van der Waals surface area contributed by atoms with Gasteiger partial charge in [0.25, 0.3) is 0 Å². The number of hydrogen-bond donors (Lipinski definition) is 1. The molecule has 1 aromatic carbocycles. The quantitative estimate of drug-likeness (QED) is 0.366. The molecule has 3 fully saturated rings. The molecule has 0 amide bonds. The van der Waals surface area contributed by atoms with Crippen molar-refractivity contribution in [3.63, 3.8) is 0 Å². The second kappa shape index (κ2) is 12.1. The smallest absolute Gasteiger partial charge is 0.306 e. The summed E-state index contributed by atoms with van der Waals surface area (Å²) in [7, 11) is 0. The number of carbonyl (C=O) groups is 1. The Hall–Kier alpha value is -2.91. The monoisotopic (exact) mass is 547 g/mol. The summed E-state index contributed by atoms with van der Waals surface area (Å²) in [5.41, 5.74) is 3.10. The van der Waals surface area contributed by atoms with E-state index in [0.29, 0.717) is 18.1 Å². The first-order valence-electron chi connectivity index (χ1n) is 14.5. The number of aromatic nitrogens is 4. The van der Waals surface area contributed by atoms with Crippen LogP contribution in [0.15, 0.2) is 36.7 Å². The first-order valence-corrected chi connectivity index (χ1v) is 15.3. The van der Waals surface area contributed by atoms with Crippen molar-refractivity contribution in [2.24, 2.45) is 5.92 Å². The molecule has 0 unspecified atom stereocenters. The van der Waals surface area contributed by atoms with Crippen LogP contribution in [0.25, 0.3) is 21.7 Å². The van der Waals surface area contributed by atoms with Crippen LogP contribution in [0, 0.1) is 5.92 Å². The van der Waals surface area contributed by atoms with Crippen LogP contribution < -0.4 is 4.90 Å². The van der Waals surface area contributed by atoms with Crippen molar-refractivity contribution in [2.75, 3.05) is 18.0 Å². The van der Waals surface area contributed by atoms with E-state index in [1.54, 1.807) is 11.3 Å². The molecule has 2 saturated carbocycles. The van der Waals surface area contributed by atoms with Crippen LogP contribution in [0.4, 0.5) is 5.95 Å². The predicted molar refractivity (Wildman–Crippen MR) is 152 cm³/mol. The van der Waals surface area contributed by atoms with E-state index in [9.17, 15) is 9.90 Å². The van der Waals surface area contributed by atoms with Crippen LogP contribution in [0.2, 0.25) is 0 Å². The molecule has 206 valence electrons. The standard InChI is InChI=1S/C30H37N5O3S/c36-29(37)23-12-10-22(11-13-23)28-34-33-27(39-28)21-8-6-20(7-9-21)24-18-31-30(32-19-24)35-16-14-26(15-17-35)38-25-4-2-1-3-5-25/h6-9,18-19,22-23,25-26H,1-5,10-17H2,(H,36,37)/t22-,23-. The number of anilines is 1. The summed E-state index contributed by atoms with van der Waals surface area (Å²) in [5.74, 6) is 0.227. The lowest BCUT2D eigenvalue weighted by molar-refractivity contribution is -0.142. The fourth-order valence-electron chi connectivity index (χ4n) is 6.21. The third-order valence-corrected chi connectivity index (χ3v) is 9.77. The molecule has 0 atom stereocenters. The first kappa shape index (κ1) is 26.3. The lowest BCUT2D eigenvalue weighted by Gasteiger charge is -2.34. The van der Waals surface area contributed by atoms with Crippen molar-refractivity contribution in [3.8, 4) is 21.7 Å². The fourth-order valence-corrected chi connectivity index (χ4v) is 7.23. The van der Waals surface area contributed by atoms with Crippen molar-refractivity contribution >= 4 is 23.3 Å². The van der Waals surface area contributed by atoms with Crippen LogP contribution in [-0.2, 0) is 9.53 Å². The highest BCUT2D eigenvalue weighted by Gasteiger charge is 2.29. The maximum Gasteiger partial charge on any atom is 0.306 e. The summed E-state index contributed by atoms with van der Waals surface area (Å²) in [6, 6.07) is 8.32. The predicted octanol–water partition coefficient (Wildman–Crippen LogP) is 6.34. The summed E-state index contributed by atoms with van der Waals surface area (Å²) in [4.78, 5) is 22.9. The molecule has 1 aliphatic heterocycles. The van der Waals surface area contributed by atoms with Gasteiger partial charge in [0.05, 0.1) is 18.1 Å². The summed E-state index contributed by atoms with van der Waals surface area (Å²) >= 11 is 1.62. The fraction of sp³-hybridized carbons (Fsp3) is 0.567. The van der Waals surface area contributed by atoms with Gasteiger partial charge in [0, 0.05) is 42.5 Å². The maximum atomic E-state index is 11.2. The summed E-state index contributed by atoms with van der Waals surface area (Å²) in [6.07, 6.45) is 16.4. The van der Waals surface area contributed by atoms with Crippen LogP contribution in [0.3, 0.4) is 0 Å². The molecule has 1 N–H and O–H groups in total. The number of carboxylic acid groups (broad SMARTS) is 1. The Kier molecular flexibility index (Phi) is 8.16. The zero-order chi connectivity index (χ0) is 26.6. The molecule has 9 heteroatoms. The van der Waals surface area contributed by atoms with Crippen molar-refractivity contribution in [2.45, 2.75) is 88.8 Å². The Balaban J connectivity index is 1.03. The van der Waals surface area contributed by atoms with Gasteiger partial charge < -0.3 is 14.7 Å². The number of aliphatic carboxylic acids is 1. The van der Waals surface area contributed by atoms with E-state index in [4.69, 9.17) is 4.74 Å². The van der Waals surface area contributed by atoms with Gasteiger partial charge in [-0.05, 0) is 56.9 Å². The number of piperidine rings is 1. The van der Waals surface area contributed by atoms with Gasteiger partial charge in [0.15, 0.2) is 0 Å². The number of ether oxygens (including phenoxy) is 1. The van der Waals surface area contributed by atoms with Crippen LogP contribution in [0.1, 0.15) is 81.6 Å². The highest BCUT2D eigenvalue weighted by molar-refractivity contribution is 7.14. The Morgan fingerprint density at radius 3 is 2.10 bits per heavy atom. The normalized spacial score (nSPS) is 23.1. The van der Waals surface area contributed by atoms with E-state index < -0.39 is 5.97 Å². The lowest BCUT2D eigenvalue weighted by Crippen LogP contribution is -2.39. The van der Waals surface area contributed by atoms with E-state index in [2.05, 4.69) is 49.3 Å². The largest absolute Gasteiger partial charge is 0.481 e. The molecular formula is C30H37N5O3S. The number of carboxylic acids is 1. The Morgan fingerprint density at radius 1 is 0.795 bits per heavy atom. The summed E-state index contributed by atoms with van der Waals surface area (Å²) < 4.78 is 6.38. The van der Waals surface area contributed by atoms with Gasteiger partial charge in [-0.15, -0.1) is 10.2 Å². The Labute approximate surface area is 233 Å². The second-order valence-electron chi connectivity index (χ2n) is 11.3. The number of benzene rings is 1. The minimum atomic E-state index is -0.675. The van der Waals surface area contributed by atoms with Gasteiger partial charge >= 0.3 is 5.97 Å². The van der Waals surface area contributed by atoms with Gasteiger partial charge in [0.2, 0.25) is 5.95 Å². The molecular weight excluding hydrogens is 510 g/mol. The topological polar surface area (TPSA) is 101 Å². The van der Waals surface area contributed by atoms with E-state index >= 15 is 0 Å². The van der Waals surface area contributed by atoms with Crippen LogP contribution >= 0.6 is 11.3 Å². The molecule has 1 saturated heterocycles. The Morgan fingerprint density at radius 2 is 1.44 bits per heavy atom.